The van der Waals surface area contributed by atoms with Gasteiger partial charge in [-0.2, -0.15) is 0 Å². The number of aromatic nitrogens is 1. The SMILES string of the molecule is O=C(NC1CC=C(c2ccc(NC(=O)N3Cc4ccncc4C3)cc2)CC1)C1CCOCC1. The summed E-state index contributed by atoms with van der Waals surface area (Å²) in [6, 6.07) is 10.1. The molecule has 3 aliphatic rings. The Morgan fingerprint density at radius 1 is 1.00 bits per heavy atom. The number of nitrogens with zero attached hydrogens (tertiary/aromatic N) is 2. The van der Waals surface area contributed by atoms with E-state index in [1.54, 1.807) is 11.1 Å². The molecule has 7 heteroatoms. The standard InChI is InChI=1S/C26H30N4O3/c31-25(20-10-13-33-14-11-20)28-23-5-1-18(2-6-23)19-3-7-24(8-4-19)29-26(32)30-16-21-9-12-27-15-22(21)17-30/h1,3-4,7-9,12,15,20,23H,2,5-6,10-11,13-14,16-17H2,(H,28,31)(H,29,32). The van der Waals surface area contributed by atoms with Crippen LogP contribution in [0.25, 0.3) is 5.57 Å². The van der Waals surface area contributed by atoms with Crippen molar-refractivity contribution in [3.63, 3.8) is 0 Å². The fourth-order valence-electron chi connectivity index (χ4n) is 4.84. The van der Waals surface area contributed by atoms with Crippen LogP contribution < -0.4 is 10.6 Å². The average molecular weight is 447 g/mol. The van der Waals surface area contributed by atoms with Crippen LogP contribution in [0.2, 0.25) is 0 Å². The number of benzene rings is 1. The lowest BCUT2D eigenvalue weighted by molar-refractivity contribution is -0.128. The van der Waals surface area contributed by atoms with E-state index in [0.29, 0.717) is 26.3 Å². The monoisotopic (exact) mass is 446 g/mol. The lowest BCUT2D eigenvalue weighted by atomic mass is 9.90. The van der Waals surface area contributed by atoms with Crippen molar-refractivity contribution in [3.8, 4) is 0 Å². The predicted octanol–water partition coefficient (Wildman–Crippen LogP) is 4.11. The number of hydrogen-bond donors (Lipinski definition) is 2. The van der Waals surface area contributed by atoms with Gasteiger partial charge in [0, 0.05) is 56.3 Å². The highest BCUT2D eigenvalue weighted by Crippen LogP contribution is 2.29. The highest BCUT2D eigenvalue weighted by Gasteiger charge is 2.25. The summed E-state index contributed by atoms with van der Waals surface area (Å²) in [4.78, 5) is 31.1. The number of pyridine rings is 1. The Bertz CT molecular complexity index is 1020. The summed E-state index contributed by atoms with van der Waals surface area (Å²) in [5, 5.41) is 6.23. The van der Waals surface area contributed by atoms with Gasteiger partial charge in [-0.05, 0) is 72.6 Å². The molecule has 3 amide bonds. The second-order valence-electron chi connectivity index (χ2n) is 9.10. The summed E-state index contributed by atoms with van der Waals surface area (Å²) >= 11 is 0. The van der Waals surface area contributed by atoms with Gasteiger partial charge in [-0.3, -0.25) is 9.78 Å². The zero-order chi connectivity index (χ0) is 22.6. The molecule has 1 fully saturated rings. The molecular formula is C26H30N4O3. The number of carbonyl (C=O) groups excluding carboxylic acids is 2. The molecular weight excluding hydrogens is 416 g/mol. The van der Waals surface area contributed by atoms with E-state index in [1.807, 2.05) is 24.4 Å². The lowest BCUT2D eigenvalue weighted by Gasteiger charge is -2.27. The number of fused-ring (bicyclic) bond motifs is 1. The molecule has 0 radical (unpaired) electrons. The number of carbonyl (C=O) groups is 2. The van der Waals surface area contributed by atoms with Crippen molar-refractivity contribution in [1.29, 1.82) is 0 Å². The minimum atomic E-state index is -0.0982. The molecule has 33 heavy (non-hydrogen) atoms. The summed E-state index contributed by atoms with van der Waals surface area (Å²) in [5.41, 5.74) is 5.51. The van der Waals surface area contributed by atoms with Gasteiger partial charge in [0.2, 0.25) is 5.91 Å². The van der Waals surface area contributed by atoms with E-state index in [1.165, 1.54) is 11.1 Å². The Morgan fingerprint density at radius 3 is 2.52 bits per heavy atom. The lowest BCUT2D eigenvalue weighted by Crippen LogP contribution is -2.41. The van der Waals surface area contributed by atoms with Crippen molar-refractivity contribution >= 4 is 23.2 Å². The third-order valence-corrected chi connectivity index (χ3v) is 6.87. The number of rotatable bonds is 4. The molecule has 1 aromatic heterocycles. The molecule has 1 atom stereocenters. The number of nitrogens with one attached hydrogen (secondary N) is 2. The first-order valence-electron chi connectivity index (χ1n) is 11.8. The van der Waals surface area contributed by atoms with Crippen LogP contribution in [-0.4, -0.2) is 41.1 Å². The highest BCUT2D eigenvalue weighted by molar-refractivity contribution is 5.90. The second kappa shape index (κ2) is 9.75. The number of hydrogen-bond acceptors (Lipinski definition) is 4. The zero-order valence-corrected chi connectivity index (χ0v) is 18.8. The van der Waals surface area contributed by atoms with Crippen LogP contribution in [0, 0.1) is 5.92 Å². The van der Waals surface area contributed by atoms with Crippen LogP contribution >= 0.6 is 0 Å². The first-order chi connectivity index (χ1) is 16.2. The Labute approximate surface area is 194 Å². The van der Waals surface area contributed by atoms with Crippen molar-refractivity contribution in [2.45, 2.75) is 51.2 Å². The Kier molecular flexibility index (Phi) is 6.39. The molecule has 172 valence electrons. The van der Waals surface area contributed by atoms with E-state index in [-0.39, 0.29) is 23.9 Å². The second-order valence-corrected chi connectivity index (χ2v) is 9.10. The third kappa shape index (κ3) is 5.09. The van der Waals surface area contributed by atoms with Gasteiger partial charge in [-0.1, -0.05) is 18.2 Å². The first kappa shape index (κ1) is 21.6. The molecule has 0 saturated carbocycles. The molecule has 7 nitrogen and oxygen atoms in total. The van der Waals surface area contributed by atoms with Crippen LogP contribution in [0.3, 0.4) is 0 Å². The molecule has 5 rings (SSSR count). The molecule has 2 aliphatic heterocycles. The van der Waals surface area contributed by atoms with Crippen LogP contribution in [0.15, 0.2) is 48.8 Å². The molecule has 1 unspecified atom stereocenters. The number of allylic oxidation sites excluding steroid dienone is 1. The third-order valence-electron chi connectivity index (χ3n) is 6.87. The Hall–Kier alpha value is -3.19. The largest absolute Gasteiger partial charge is 0.381 e. The van der Waals surface area contributed by atoms with Gasteiger partial charge in [-0.15, -0.1) is 0 Å². The summed E-state index contributed by atoms with van der Waals surface area (Å²) in [7, 11) is 0. The maximum atomic E-state index is 12.6. The molecule has 2 aromatic rings. The predicted molar refractivity (Wildman–Crippen MR) is 126 cm³/mol. The highest BCUT2D eigenvalue weighted by atomic mass is 16.5. The van der Waals surface area contributed by atoms with Crippen LogP contribution in [0.1, 0.15) is 48.8 Å². The number of amides is 3. The van der Waals surface area contributed by atoms with E-state index in [4.69, 9.17) is 4.74 Å². The van der Waals surface area contributed by atoms with E-state index < -0.39 is 0 Å². The maximum absolute atomic E-state index is 12.6. The molecule has 0 spiro atoms. The molecule has 1 aliphatic carbocycles. The van der Waals surface area contributed by atoms with E-state index in [0.717, 1.165) is 48.9 Å². The van der Waals surface area contributed by atoms with Gasteiger partial charge in [0.15, 0.2) is 0 Å². The summed E-state index contributed by atoms with van der Waals surface area (Å²) in [6.45, 7) is 2.58. The molecule has 0 bridgehead atoms. The smallest absolute Gasteiger partial charge is 0.322 e. The summed E-state index contributed by atoms with van der Waals surface area (Å²) < 4.78 is 5.35. The summed E-state index contributed by atoms with van der Waals surface area (Å²) in [5.74, 6) is 0.274. The summed E-state index contributed by atoms with van der Waals surface area (Å²) in [6.07, 6.45) is 10.2. The minimum absolute atomic E-state index is 0.0956. The number of urea groups is 1. The number of ether oxygens (including phenoxy) is 1. The fraction of sp³-hybridized carbons (Fsp3) is 0.423. The van der Waals surface area contributed by atoms with Crippen molar-refractivity contribution < 1.29 is 14.3 Å². The van der Waals surface area contributed by atoms with E-state index >= 15 is 0 Å². The molecule has 3 heterocycles. The van der Waals surface area contributed by atoms with E-state index in [9.17, 15) is 9.59 Å². The van der Waals surface area contributed by atoms with Gasteiger partial charge in [-0.25, -0.2) is 4.79 Å². The normalized spacial score (nSPS) is 20.7. The van der Waals surface area contributed by atoms with Crippen molar-refractivity contribution in [2.24, 2.45) is 5.92 Å². The topological polar surface area (TPSA) is 83.6 Å². The molecule has 1 saturated heterocycles. The molecule has 1 aromatic carbocycles. The minimum Gasteiger partial charge on any atom is -0.381 e. The van der Waals surface area contributed by atoms with Crippen molar-refractivity contribution in [1.82, 2.24) is 15.2 Å². The van der Waals surface area contributed by atoms with Gasteiger partial charge < -0.3 is 20.3 Å². The van der Waals surface area contributed by atoms with E-state index in [2.05, 4.69) is 33.8 Å². The fourth-order valence-corrected chi connectivity index (χ4v) is 4.84. The van der Waals surface area contributed by atoms with Gasteiger partial charge >= 0.3 is 6.03 Å². The quantitative estimate of drug-likeness (QED) is 0.740. The van der Waals surface area contributed by atoms with Gasteiger partial charge in [0.1, 0.15) is 0 Å². The molecule has 2 N–H and O–H groups in total. The van der Waals surface area contributed by atoms with Crippen molar-refractivity contribution in [2.75, 3.05) is 18.5 Å². The Morgan fingerprint density at radius 2 is 1.79 bits per heavy atom. The first-order valence-corrected chi connectivity index (χ1v) is 11.8. The maximum Gasteiger partial charge on any atom is 0.322 e. The van der Waals surface area contributed by atoms with Crippen molar-refractivity contribution in [3.05, 3.63) is 65.5 Å². The number of anilines is 1. The van der Waals surface area contributed by atoms with Crippen LogP contribution in [-0.2, 0) is 22.6 Å². The van der Waals surface area contributed by atoms with Gasteiger partial charge in [0.25, 0.3) is 0 Å². The van der Waals surface area contributed by atoms with Crippen LogP contribution in [0.4, 0.5) is 10.5 Å². The Balaban J connectivity index is 1.12. The van der Waals surface area contributed by atoms with Gasteiger partial charge in [0.05, 0.1) is 0 Å². The average Bonchev–Trinajstić information content (AvgIpc) is 3.30. The van der Waals surface area contributed by atoms with Crippen LogP contribution in [0.5, 0.6) is 0 Å². The zero-order valence-electron chi connectivity index (χ0n) is 18.8.